The Morgan fingerprint density at radius 2 is 2.00 bits per heavy atom. The quantitative estimate of drug-likeness (QED) is 0.752. The molecule has 0 bridgehead atoms. The van der Waals surface area contributed by atoms with Crippen molar-refractivity contribution in [1.29, 1.82) is 0 Å². The van der Waals surface area contributed by atoms with E-state index in [1.54, 1.807) is 19.1 Å². The van der Waals surface area contributed by atoms with Gasteiger partial charge in [-0.2, -0.15) is 5.10 Å². The van der Waals surface area contributed by atoms with Gasteiger partial charge in [-0.05, 0) is 36.6 Å². The lowest BCUT2D eigenvalue weighted by Gasteiger charge is -2.07. The molecule has 1 aromatic heterocycles. The molecule has 1 heterocycles. The molecule has 0 atom stereocenters. The van der Waals surface area contributed by atoms with Gasteiger partial charge in [0.1, 0.15) is 0 Å². The number of nitrogens with zero attached hydrogens (tertiary/aromatic N) is 1. The molecule has 2 rings (SSSR count). The molecule has 20 heavy (non-hydrogen) atoms. The smallest absolute Gasteiger partial charge is 0.263 e. The number of nitrogens with one attached hydrogen (secondary N) is 2. The van der Waals surface area contributed by atoms with E-state index >= 15 is 0 Å². The molecule has 0 amide bonds. The predicted molar refractivity (Wildman–Crippen MR) is 79.1 cm³/mol. The first-order valence-corrected chi connectivity index (χ1v) is 7.72. The summed E-state index contributed by atoms with van der Waals surface area (Å²) in [4.78, 5) is 0.165. The Morgan fingerprint density at radius 1 is 1.30 bits per heavy atom. The second kappa shape index (κ2) is 5.16. The van der Waals surface area contributed by atoms with Crippen LogP contribution in [0.4, 0.5) is 11.5 Å². The van der Waals surface area contributed by atoms with E-state index in [1.165, 1.54) is 12.1 Å². The van der Waals surface area contributed by atoms with Crippen molar-refractivity contribution in [3.63, 3.8) is 0 Å². The van der Waals surface area contributed by atoms with Crippen LogP contribution in [-0.2, 0) is 10.0 Å². The first-order valence-electron chi connectivity index (χ1n) is 6.24. The van der Waals surface area contributed by atoms with Crippen molar-refractivity contribution >= 4 is 21.5 Å². The zero-order chi connectivity index (χ0) is 14.9. The highest BCUT2D eigenvalue weighted by atomic mass is 32.2. The van der Waals surface area contributed by atoms with E-state index in [2.05, 4.69) is 14.9 Å². The van der Waals surface area contributed by atoms with Gasteiger partial charge in [0.25, 0.3) is 10.0 Å². The van der Waals surface area contributed by atoms with Gasteiger partial charge < -0.3 is 5.73 Å². The molecule has 0 saturated heterocycles. The van der Waals surface area contributed by atoms with Crippen molar-refractivity contribution < 1.29 is 8.42 Å². The molecule has 0 fully saturated rings. The standard InChI is InChI=1S/C13H18N4O2S/c1-8(2)12-7-13(16-15-12)17-20(18,19)10-4-5-11(14)9(3)6-10/h4-8H,14H2,1-3H3,(H2,15,16,17). The molecule has 1 aromatic carbocycles. The number of hydrogen-bond acceptors (Lipinski definition) is 4. The molecular weight excluding hydrogens is 276 g/mol. The van der Waals surface area contributed by atoms with Crippen LogP contribution in [0.1, 0.15) is 31.0 Å². The van der Waals surface area contributed by atoms with Crippen molar-refractivity contribution in [2.45, 2.75) is 31.6 Å². The first-order chi connectivity index (χ1) is 9.29. The number of hydrogen-bond donors (Lipinski definition) is 3. The molecule has 0 aliphatic carbocycles. The second-order valence-corrected chi connectivity index (χ2v) is 6.67. The Labute approximate surface area is 118 Å². The average molecular weight is 294 g/mol. The number of H-pyrrole nitrogens is 1. The highest BCUT2D eigenvalue weighted by Gasteiger charge is 2.17. The fourth-order valence-corrected chi connectivity index (χ4v) is 2.77. The average Bonchev–Trinajstić information content (AvgIpc) is 2.80. The molecule has 0 unspecified atom stereocenters. The summed E-state index contributed by atoms with van der Waals surface area (Å²) >= 11 is 0. The number of aromatic amines is 1. The van der Waals surface area contributed by atoms with Crippen LogP contribution in [0, 0.1) is 6.92 Å². The number of anilines is 2. The summed E-state index contributed by atoms with van der Waals surface area (Å²) in [5.41, 5.74) is 7.84. The summed E-state index contributed by atoms with van der Waals surface area (Å²) in [6.45, 7) is 5.75. The summed E-state index contributed by atoms with van der Waals surface area (Å²) in [7, 11) is -3.65. The zero-order valence-corrected chi connectivity index (χ0v) is 12.5. The largest absolute Gasteiger partial charge is 0.399 e. The molecule has 2 aromatic rings. The molecule has 6 nitrogen and oxygen atoms in total. The lowest BCUT2D eigenvalue weighted by Crippen LogP contribution is -2.13. The second-order valence-electron chi connectivity index (χ2n) is 4.99. The summed E-state index contributed by atoms with van der Waals surface area (Å²) in [5.74, 6) is 0.530. The molecule has 0 aliphatic heterocycles. The summed E-state index contributed by atoms with van der Waals surface area (Å²) in [6.07, 6.45) is 0. The summed E-state index contributed by atoms with van der Waals surface area (Å²) in [5, 5.41) is 6.75. The Hall–Kier alpha value is -2.02. The number of nitrogens with two attached hydrogens (primary N) is 1. The maximum Gasteiger partial charge on any atom is 0.263 e. The van der Waals surface area contributed by atoms with Crippen LogP contribution >= 0.6 is 0 Å². The predicted octanol–water partition coefficient (Wildman–Crippen LogP) is 2.22. The van der Waals surface area contributed by atoms with Crippen molar-refractivity contribution in [2.24, 2.45) is 0 Å². The van der Waals surface area contributed by atoms with E-state index < -0.39 is 10.0 Å². The number of benzene rings is 1. The van der Waals surface area contributed by atoms with Gasteiger partial charge in [0.05, 0.1) is 4.90 Å². The molecule has 108 valence electrons. The molecule has 7 heteroatoms. The van der Waals surface area contributed by atoms with E-state index in [4.69, 9.17) is 5.73 Å². The monoisotopic (exact) mass is 294 g/mol. The summed E-state index contributed by atoms with van der Waals surface area (Å²) < 4.78 is 26.9. The minimum absolute atomic E-state index is 0.165. The molecule has 4 N–H and O–H groups in total. The Morgan fingerprint density at radius 3 is 2.55 bits per heavy atom. The maximum atomic E-state index is 12.2. The lowest BCUT2D eigenvalue weighted by molar-refractivity contribution is 0.601. The van der Waals surface area contributed by atoms with Gasteiger partial charge in [0.2, 0.25) is 0 Å². The normalized spacial score (nSPS) is 11.8. The van der Waals surface area contributed by atoms with Gasteiger partial charge in [0.15, 0.2) is 5.82 Å². The third-order valence-corrected chi connectivity index (χ3v) is 4.36. The van der Waals surface area contributed by atoms with Crippen LogP contribution in [0.2, 0.25) is 0 Å². The number of aromatic nitrogens is 2. The van der Waals surface area contributed by atoms with Crippen molar-refractivity contribution in [3.05, 3.63) is 35.5 Å². The van der Waals surface area contributed by atoms with E-state index in [9.17, 15) is 8.42 Å². The fraction of sp³-hybridized carbons (Fsp3) is 0.308. The van der Waals surface area contributed by atoms with Gasteiger partial charge in [-0.25, -0.2) is 8.42 Å². The number of rotatable bonds is 4. The van der Waals surface area contributed by atoms with Crippen LogP contribution in [0.15, 0.2) is 29.2 Å². The van der Waals surface area contributed by atoms with Gasteiger partial charge >= 0.3 is 0 Å². The molecule has 0 aliphatic rings. The van der Waals surface area contributed by atoms with Gasteiger partial charge in [-0.3, -0.25) is 9.82 Å². The SMILES string of the molecule is Cc1cc(S(=O)(=O)Nc2cc(C(C)C)[nH]n2)ccc1N. The highest BCUT2D eigenvalue weighted by Crippen LogP contribution is 2.21. The van der Waals surface area contributed by atoms with E-state index in [0.29, 0.717) is 5.69 Å². The third kappa shape index (κ3) is 2.93. The van der Waals surface area contributed by atoms with E-state index in [-0.39, 0.29) is 16.6 Å². The van der Waals surface area contributed by atoms with Crippen LogP contribution in [0.5, 0.6) is 0 Å². The van der Waals surface area contributed by atoms with Gasteiger partial charge in [-0.15, -0.1) is 0 Å². The van der Waals surface area contributed by atoms with Crippen molar-refractivity contribution in [2.75, 3.05) is 10.5 Å². The zero-order valence-electron chi connectivity index (χ0n) is 11.6. The van der Waals surface area contributed by atoms with Crippen LogP contribution < -0.4 is 10.5 Å². The summed E-state index contributed by atoms with van der Waals surface area (Å²) in [6, 6.07) is 6.27. The van der Waals surface area contributed by atoms with Gasteiger partial charge in [-0.1, -0.05) is 13.8 Å². The third-order valence-electron chi connectivity index (χ3n) is 3.01. The Balaban J connectivity index is 2.28. The van der Waals surface area contributed by atoms with E-state index in [1.807, 2.05) is 13.8 Å². The fourth-order valence-electron chi connectivity index (χ4n) is 1.70. The number of nitrogen functional groups attached to an aromatic ring is 1. The van der Waals surface area contributed by atoms with Crippen molar-refractivity contribution in [1.82, 2.24) is 10.2 Å². The van der Waals surface area contributed by atoms with Crippen LogP contribution in [-0.4, -0.2) is 18.6 Å². The van der Waals surface area contributed by atoms with Gasteiger partial charge in [0, 0.05) is 17.4 Å². The van der Waals surface area contributed by atoms with Crippen LogP contribution in [0.3, 0.4) is 0 Å². The Kier molecular flexibility index (Phi) is 3.71. The molecule has 0 saturated carbocycles. The number of aryl methyl sites for hydroxylation is 1. The minimum atomic E-state index is -3.65. The molecule has 0 radical (unpaired) electrons. The Bertz CT molecular complexity index is 720. The maximum absolute atomic E-state index is 12.2. The number of sulfonamides is 1. The minimum Gasteiger partial charge on any atom is -0.399 e. The topological polar surface area (TPSA) is 101 Å². The van der Waals surface area contributed by atoms with Crippen molar-refractivity contribution in [3.8, 4) is 0 Å². The highest BCUT2D eigenvalue weighted by molar-refractivity contribution is 7.92. The molecule has 0 spiro atoms. The molecular formula is C13H18N4O2S. The van der Waals surface area contributed by atoms with E-state index in [0.717, 1.165) is 11.3 Å². The van der Waals surface area contributed by atoms with Crippen LogP contribution in [0.25, 0.3) is 0 Å². The lowest BCUT2D eigenvalue weighted by atomic mass is 10.1. The first kappa shape index (κ1) is 14.4.